The molecule has 0 saturated carbocycles. The van der Waals surface area contributed by atoms with E-state index < -0.39 is 35.2 Å². The highest BCUT2D eigenvalue weighted by Gasteiger charge is 2.50. The Morgan fingerprint density at radius 2 is 1.84 bits per heavy atom. The summed E-state index contributed by atoms with van der Waals surface area (Å²) >= 11 is 0. The summed E-state index contributed by atoms with van der Waals surface area (Å²) in [4.78, 5) is 25.7. The van der Waals surface area contributed by atoms with Gasteiger partial charge in [0.05, 0.1) is 12.6 Å². The Hall–Kier alpha value is -2.80. The topological polar surface area (TPSA) is 69.6 Å². The lowest BCUT2D eigenvalue weighted by Gasteiger charge is -2.23. The smallest absolute Gasteiger partial charge is 0.325 e. The van der Waals surface area contributed by atoms with E-state index in [-0.39, 0.29) is 12.1 Å². The van der Waals surface area contributed by atoms with Gasteiger partial charge in [-0.15, -0.1) is 0 Å². The summed E-state index contributed by atoms with van der Waals surface area (Å²) in [6.45, 7) is 1.02. The van der Waals surface area contributed by atoms with E-state index in [9.17, 15) is 23.5 Å². The second-order valence-electron chi connectivity index (χ2n) is 6.02. The quantitative estimate of drug-likeness (QED) is 0.836. The molecule has 1 fully saturated rings. The minimum absolute atomic E-state index is 0.262. The number of benzene rings is 2. The van der Waals surface area contributed by atoms with Crippen LogP contribution in [0, 0.1) is 11.6 Å². The number of aliphatic hydroxyl groups is 1. The fraction of sp³-hybridized carbons (Fsp3) is 0.222. The molecule has 2 N–H and O–H groups in total. The summed E-state index contributed by atoms with van der Waals surface area (Å²) in [5.74, 6) is -2.28. The average molecular weight is 346 g/mol. The van der Waals surface area contributed by atoms with E-state index in [0.717, 1.165) is 23.1 Å². The lowest BCUT2D eigenvalue weighted by atomic mass is 9.91. The van der Waals surface area contributed by atoms with Crippen LogP contribution in [-0.2, 0) is 10.3 Å². The molecule has 2 aromatic carbocycles. The van der Waals surface area contributed by atoms with Gasteiger partial charge < -0.3 is 10.4 Å². The van der Waals surface area contributed by atoms with E-state index in [1.165, 1.54) is 6.92 Å². The maximum absolute atomic E-state index is 14.1. The summed E-state index contributed by atoms with van der Waals surface area (Å²) in [5, 5.41) is 12.6. The minimum atomic E-state index is -1.74. The fourth-order valence-corrected chi connectivity index (χ4v) is 2.88. The number of carbonyl (C=O) groups excluding carboxylic acids is 2. The molecule has 0 unspecified atom stereocenters. The van der Waals surface area contributed by atoms with Gasteiger partial charge in [0.15, 0.2) is 0 Å². The van der Waals surface area contributed by atoms with E-state index in [0.29, 0.717) is 5.56 Å². The van der Waals surface area contributed by atoms with Gasteiger partial charge in [-0.1, -0.05) is 30.3 Å². The third-order valence-corrected chi connectivity index (χ3v) is 4.28. The van der Waals surface area contributed by atoms with E-state index in [2.05, 4.69) is 5.32 Å². The normalized spacial score (nSPS) is 21.4. The predicted octanol–water partition coefficient (Wildman–Crippen LogP) is 2.47. The standard InChI is InChI=1S/C18H16F2N2O3/c1-18(13-9-12(19)7-8-14(13)20)16(24)22(17(25)21-18)10-15(23)11-5-3-2-4-6-11/h2-9,15,23H,10H2,1H3,(H,21,25)/t15-,18-/m0/s1. The van der Waals surface area contributed by atoms with Crippen molar-refractivity contribution in [3.05, 3.63) is 71.3 Å². The van der Waals surface area contributed by atoms with Gasteiger partial charge in [0.1, 0.15) is 17.2 Å². The number of halogens is 2. The zero-order valence-electron chi connectivity index (χ0n) is 13.4. The van der Waals surface area contributed by atoms with Gasteiger partial charge >= 0.3 is 6.03 Å². The molecule has 130 valence electrons. The zero-order chi connectivity index (χ0) is 18.2. The molecule has 3 rings (SSSR count). The van der Waals surface area contributed by atoms with Gasteiger partial charge in [-0.25, -0.2) is 13.6 Å². The molecule has 2 atom stereocenters. The van der Waals surface area contributed by atoms with Crippen LogP contribution in [0.25, 0.3) is 0 Å². The highest BCUT2D eigenvalue weighted by molar-refractivity contribution is 6.07. The molecule has 7 heteroatoms. The number of amides is 3. The molecule has 1 saturated heterocycles. The molecule has 1 aliphatic heterocycles. The first-order valence-corrected chi connectivity index (χ1v) is 7.65. The highest BCUT2D eigenvalue weighted by Crippen LogP contribution is 2.32. The maximum atomic E-state index is 14.1. The third kappa shape index (κ3) is 2.98. The summed E-state index contributed by atoms with van der Waals surface area (Å²) in [5.41, 5.74) is -1.46. The van der Waals surface area contributed by atoms with Gasteiger partial charge in [-0.3, -0.25) is 9.69 Å². The Bertz CT molecular complexity index is 828. The van der Waals surface area contributed by atoms with Crippen molar-refractivity contribution in [3.8, 4) is 0 Å². The number of rotatable bonds is 4. The summed E-state index contributed by atoms with van der Waals surface area (Å²) in [6, 6.07) is 10.5. The van der Waals surface area contributed by atoms with E-state index in [1.54, 1.807) is 30.3 Å². The number of hydrogen-bond acceptors (Lipinski definition) is 3. The number of imide groups is 1. The molecule has 0 spiro atoms. The second kappa shape index (κ2) is 6.25. The molecule has 3 amide bonds. The number of nitrogens with one attached hydrogen (secondary N) is 1. The van der Waals surface area contributed by atoms with Crippen LogP contribution in [0.2, 0.25) is 0 Å². The number of urea groups is 1. The molecule has 1 aliphatic rings. The van der Waals surface area contributed by atoms with Gasteiger partial charge in [-0.2, -0.15) is 0 Å². The first-order chi connectivity index (χ1) is 11.8. The summed E-state index contributed by atoms with van der Waals surface area (Å²) in [7, 11) is 0. The molecular weight excluding hydrogens is 330 g/mol. The number of aliphatic hydroxyl groups excluding tert-OH is 1. The highest BCUT2D eigenvalue weighted by atomic mass is 19.1. The predicted molar refractivity (Wildman–Crippen MR) is 85.4 cm³/mol. The molecule has 0 aromatic heterocycles. The Morgan fingerprint density at radius 1 is 1.16 bits per heavy atom. The van der Waals surface area contributed by atoms with Crippen LogP contribution in [-0.4, -0.2) is 28.5 Å². The number of hydrogen-bond donors (Lipinski definition) is 2. The van der Waals surface area contributed by atoms with Crippen LogP contribution in [0.1, 0.15) is 24.2 Å². The van der Waals surface area contributed by atoms with Crippen LogP contribution in [0.15, 0.2) is 48.5 Å². The summed E-state index contributed by atoms with van der Waals surface area (Å²) < 4.78 is 27.6. The molecule has 0 bridgehead atoms. The second-order valence-corrected chi connectivity index (χ2v) is 6.02. The van der Waals surface area contributed by atoms with Crippen molar-refractivity contribution in [1.82, 2.24) is 10.2 Å². The first kappa shape index (κ1) is 17.0. The minimum Gasteiger partial charge on any atom is -0.387 e. The van der Waals surface area contributed by atoms with Gasteiger partial charge in [0, 0.05) is 5.56 Å². The van der Waals surface area contributed by atoms with Crippen molar-refractivity contribution in [2.75, 3.05) is 6.54 Å². The first-order valence-electron chi connectivity index (χ1n) is 7.65. The summed E-state index contributed by atoms with van der Waals surface area (Å²) in [6.07, 6.45) is -1.09. The Morgan fingerprint density at radius 3 is 2.52 bits per heavy atom. The van der Waals surface area contributed by atoms with Gasteiger partial charge in [0.25, 0.3) is 5.91 Å². The van der Waals surface area contributed by atoms with Crippen LogP contribution in [0.3, 0.4) is 0 Å². The van der Waals surface area contributed by atoms with Gasteiger partial charge in [0.2, 0.25) is 0 Å². The monoisotopic (exact) mass is 346 g/mol. The molecule has 0 aliphatic carbocycles. The lowest BCUT2D eigenvalue weighted by molar-refractivity contribution is -0.132. The van der Waals surface area contributed by atoms with Crippen molar-refractivity contribution in [2.24, 2.45) is 0 Å². The molecule has 1 heterocycles. The molecular formula is C18H16F2N2O3. The number of β-amino-alcohol motifs (C(OH)–C–C–N with tert-alkyl or cyclic N) is 1. The van der Waals surface area contributed by atoms with Crippen LogP contribution < -0.4 is 5.32 Å². The Balaban J connectivity index is 1.88. The maximum Gasteiger partial charge on any atom is 0.325 e. The molecule has 5 nitrogen and oxygen atoms in total. The fourth-order valence-electron chi connectivity index (χ4n) is 2.88. The number of carbonyl (C=O) groups is 2. The van der Waals surface area contributed by atoms with Crippen molar-refractivity contribution < 1.29 is 23.5 Å². The largest absolute Gasteiger partial charge is 0.387 e. The van der Waals surface area contributed by atoms with Crippen molar-refractivity contribution in [1.29, 1.82) is 0 Å². The number of nitrogens with zero attached hydrogens (tertiary/aromatic N) is 1. The van der Waals surface area contributed by atoms with E-state index >= 15 is 0 Å². The average Bonchev–Trinajstić information content (AvgIpc) is 2.81. The Kier molecular flexibility index (Phi) is 4.26. The molecule has 0 radical (unpaired) electrons. The molecule has 25 heavy (non-hydrogen) atoms. The Labute approximate surface area is 142 Å². The van der Waals surface area contributed by atoms with Gasteiger partial charge in [-0.05, 0) is 30.7 Å². The third-order valence-electron chi connectivity index (χ3n) is 4.28. The molecule has 2 aromatic rings. The van der Waals surface area contributed by atoms with Crippen molar-refractivity contribution in [3.63, 3.8) is 0 Å². The lowest BCUT2D eigenvalue weighted by Crippen LogP contribution is -2.42. The SMILES string of the molecule is C[C@@]1(c2cc(F)ccc2F)NC(=O)N(C[C@H](O)c2ccccc2)C1=O. The van der Waals surface area contributed by atoms with E-state index in [4.69, 9.17) is 0 Å². The van der Waals surface area contributed by atoms with Crippen molar-refractivity contribution >= 4 is 11.9 Å². The van der Waals surface area contributed by atoms with Crippen LogP contribution in [0.4, 0.5) is 13.6 Å². The van der Waals surface area contributed by atoms with Crippen LogP contribution in [0.5, 0.6) is 0 Å². The zero-order valence-corrected chi connectivity index (χ0v) is 13.4. The van der Waals surface area contributed by atoms with Crippen LogP contribution >= 0.6 is 0 Å². The van der Waals surface area contributed by atoms with Crippen molar-refractivity contribution in [2.45, 2.75) is 18.6 Å². The van der Waals surface area contributed by atoms with E-state index in [1.807, 2.05) is 0 Å².